The topological polar surface area (TPSA) is 91.1 Å². The zero-order valence-electron chi connectivity index (χ0n) is 19.4. The summed E-state index contributed by atoms with van der Waals surface area (Å²) in [6.07, 6.45) is -1.58. The molecule has 2 saturated heterocycles. The number of nitrogens with one attached hydrogen (secondary N) is 1. The van der Waals surface area contributed by atoms with Crippen molar-refractivity contribution in [3.8, 4) is 0 Å². The fourth-order valence-corrected chi connectivity index (χ4v) is 6.53. The van der Waals surface area contributed by atoms with Crippen molar-refractivity contribution in [2.24, 2.45) is 11.1 Å². The quantitative estimate of drug-likeness (QED) is 0.410. The molecule has 0 unspecified atom stereocenters. The van der Waals surface area contributed by atoms with Gasteiger partial charge in [0.15, 0.2) is 0 Å². The lowest BCUT2D eigenvalue weighted by Gasteiger charge is -2.54. The smallest absolute Gasteiger partial charge is 0.364 e. The summed E-state index contributed by atoms with van der Waals surface area (Å²) in [7, 11) is 0. The van der Waals surface area contributed by atoms with E-state index < -0.39 is 18.5 Å². The molecular formula is C25H25F3N6OS. The molecule has 7 nitrogen and oxygen atoms in total. The normalized spacial score (nSPS) is 18.2. The van der Waals surface area contributed by atoms with E-state index in [2.05, 4.69) is 36.9 Å². The van der Waals surface area contributed by atoms with Crippen LogP contribution in [0.1, 0.15) is 33.8 Å². The Labute approximate surface area is 209 Å². The van der Waals surface area contributed by atoms with Gasteiger partial charge in [0.1, 0.15) is 22.7 Å². The lowest BCUT2D eigenvalue weighted by atomic mass is 9.72. The third-order valence-electron chi connectivity index (χ3n) is 7.36. The number of hydrogen-bond acceptors (Lipinski definition) is 6. The minimum absolute atomic E-state index is 0.221. The molecule has 3 N–H and O–H groups in total. The number of aromatic nitrogens is 3. The summed E-state index contributed by atoms with van der Waals surface area (Å²) >= 11 is 1.09. The monoisotopic (exact) mass is 514 g/mol. The molecular weight excluding hydrogens is 489 g/mol. The van der Waals surface area contributed by atoms with Gasteiger partial charge in [0.25, 0.3) is 5.91 Å². The van der Waals surface area contributed by atoms with Crippen molar-refractivity contribution in [2.75, 3.05) is 31.1 Å². The fourth-order valence-electron chi connectivity index (χ4n) is 5.51. The molecule has 0 radical (unpaired) electrons. The predicted molar refractivity (Wildman–Crippen MR) is 133 cm³/mol. The minimum atomic E-state index is -4.23. The lowest BCUT2D eigenvalue weighted by molar-refractivity contribution is -0.126. The van der Waals surface area contributed by atoms with Crippen LogP contribution in [-0.2, 0) is 13.0 Å². The van der Waals surface area contributed by atoms with Crippen LogP contribution in [0.4, 0.5) is 19.0 Å². The number of halogens is 3. The number of hydrogen-bond donors (Lipinski definition) is 2. The number of nitrogens with zero attached hydrogens (tertiary/aromatic N) is 4. The predicted octanol–water partition coefficient (Wildman–Crippen LogP) is 4.48. The lowest BCUT2D eigenvalue weighted by Crippen LogP contribution is -2.60. The molecule has 11 heteroatoms. The summed E-state index contributed by atoms with van der Waals surface area (Å²) in [6, 6.07) is 9.54. The van der Waals surface area contributed by atoms with Gasteiger partial charge in [-0.05, 0) is 49.7 Å². The number of benzene rings is 1. The van der Waals surface area contributed by atoms with Crippen LogP contribution in [-0.4, -0.2) is 58.1 Å². The minimum Gasteiger partial charge on any atom is -0.364 e. The van der Waals surface area contributed by atoms with Gasteiger partial charge in [-0.1, -0.05) is 12.1 Å². The van der Waals surface area contributed by atoms with Gasteiger partial charge in [0, 0.05) is 40.8 Å². The van der Waals surface area contributed by atoms with E-state index in [0.717, 1.165) is 73.6 Å². The fraction of sp³-hybridized carbons (Fsp3) is 0.400. The summed E-state index contributed by atoms with van der Waals surface area (Å²) in [6.45, 7) is 4.53. The van der Waals surface area contributed by atoms with Gasteiger partial charge in [0.05, 0.1) is 11.8 Å². The largest absolute Gasteiger partial charge is 0.393 e. The number of H-pyrrole nitrogens is 1. The van der Waals surface area contributed by atoms with Crippen molar-refractivity contribution < 1.29 is 18.0 Å². The van der Waals surface area contributed by atoms with Crippen molar-refractivity contribution in [3.05, 3.63) is 52.8 Å². The van der Waals surface area contributed by atoms with Gasteiger partial charge >= 0.3 is 6.18 Å². The summed E-state index contributed by atoms with van der Waals surface area (Å²) in [5, 5.41) is 1.68. The Balaban J connectivity index is 1.08. The third kappa shape index (κ3) is 4.41. The third-order valence-corrected chi connectivity index (χ3v) is 8.40. The molecule has 188 valence electrons. The van der Waals surface area contributed by atoms with E-state index in [1.807, 2.05) is 6.07 Å². The number of aromatic amines is 1. The summed E-state index contributed by atoms with van der Waals surface area (Å²) in [4.78, 5) is 28.6. The summed E-state index contributed by atoms with van der Waals surface area (Å²) in [5.41, 5.74) is 8.10. The Bertz CT molecular complexity index is 1450. The number of rotatable bonds is 5. The molecule has 3 aromatic heterocycles. The Morgan fingerprint density at radius 3 is 2.64 bits per heavy atom. The SMILES string of the molecule is NC(=O)c1cc2ccc(CN3CCC4(CC3)CN(c3ncnc5sc(CC(F)(F)F)cc35)C4)cc2[nH]1. The molecule has 2 aliphatic heterocycles. The Morgan fingerprint density at radius 1 is 1.14 bits per heavy atom. The number of fused-ring (bicyclic) bond motifs is 2. The van der Waals surface area contributed by atoms with Crippen LogP contribution in [0, 0.1) is 5.41 Å². The molecule has 2 aliphatic rings. The van der Waals surface area contributed by atoms with Crippen LogP contribution >= 0.6 is 11.3 Å². The Hall–Kier alpha value is -3.18. The van der Waals surface area contributed by atoms with Gasteiger partial charge in [-0.25, -0.2) is 9.97 Å². The van der Waals surface area contributed by atoms with Gasteiger partial charge < -0.3 is 15.6 Å². The van der Waals surface area contributed by atoms with Crippen LogP contribution in [0.15, 0.2) is 36.7 Å². The number of thiophene rings is 1. The molecule has 0 saturated carbocycles. The molecule has 0 aliphatic carbocycles. The highest BCUT2D eigenvalue weighted by atomic mass is 32.1. The van der Waals surface area contributed by atoms with Gasteiger partial charge in [-0.3, -0.25) is 9.69 Å². The molecule has 1 amide bonds. The molecule has 0 bridgehead atoms. The van der Waals surface area contributed by atoms with E-state index in [0.29, 0.717) is 15.9 Å². The van der Waals surface area contributed by atoms with Gasteiger partial charge in [-0.15, -0.1) is 11.3 Å². The molecule has 0 atom stereocenters. The Kier molecular flexibility index (Phi) is 5.45. The van der Waals surface area contributed by atoms with Gasteiger partial charge in [-0.2, -0.15) is 13.2 Å². The number of alkyl halides is 3. The zero-order valence-corrected chi connectivity index (χ0v) is 20.3. The Morgan fingerprint density at radius 2 is 1.92 bits per heavy atom. The number of nitrogens with two attached hydrogens (primary N) is 1. The first-order valence-corrected chi connectivity index (χ1v) is 12.7. The zero-order chi connectivity index (χ0) is 25.1. The molecule has 6 rings (SSSR count). The second kappa shape index (κ2) is 8.45. The number of likely N-dealkylation sites (tertiary alicyclic amines) is 1. The van der Waals surface area contributed by atoms with Gasteiger partial charge in [0.2, 0.25) is 0 Å². The number of primary amides is 1. The maximum Gasteiger partial charge on any atom is 0.393 e. The first kappa shape index (κ1) is 23.2. The summed E-state index contributed by atoms with van der Waals surface area (Å²) in [5.74, 6) is 0.277. The molecule has 5 heterocycles. The van der Waals surface area contributed by atoms with Crippen LogP contribution in [0.3, 0.4) is 0 Å². The van der Waals surface area contributed by atoms with Crippen molar-refractivity contribution in [2.45, 2.75) is 32.0 Å². The number of amides is 1. The van der Waals surface area contributed by atoms with Crippen LogP contribution in [0.5, 0.6) is 0 Å². The average Bonchev–Trinajstić information content (AvgIpc) is 3.40. The maximum absolute atomic E-state index is 12.9. The van der Waals surface area contributed by atoms with Crippen LogP contribution in [0.25, 0.3) is 21.1 Å². The second-order valence-corrected chi connectivity index (χ2v) is 11.1. The van der Waals surface area contributed by atoms with Crippen LogP contribution < -0.4 is 10.6 Å². The van der Waals surface area contributed by atoms with E-state index in [-0.39, 0.29) is 10.3 Å². The maximum atomic E-state index is 12.9. The van der Waals surface area contributed by atoms with Crippen molar-refractivity contribution in [3.63, 3.8) is 0 Å². The van der Waals surface area contributed by atoms with Crippen molar-refractivity contribution in [1.29, 1.82) is 0 Å². The van der Waals surface area contributed by atoms with Crippen molar-refractivity contribution in [1.82, 2.24) is 19.9 Å². The highest BCUT2D eigenvalue weighted by Gasteiger charge is 2.45. The molecule has 36 heavy (non-hydrogen) atoms. The molecule has 2 fully saturated rings. The number of piperidine rings is 1. The molecule has 4 aromatic rings. The van der Waals surface area contributed by atoms with E-state index >= 15 is 0 Å². The molecule has 1 spiro atoms. The van der Waals surface area contributed by atoms with E-state index in [9.17, 15) is 18.0 Å². The average molecular weight is 515 g/mol. The summed E-state index contributed by atoms with van der Waals surface area (Å²) < 4.78 is 38.6. The van der Waals surface area contributed by atoms with E-state index in [4.69, 9.17) is 5.73 Å². The highest BCUT2D eigenvalue weighted by molar-refractivity contribution is 7.18. The number of anilines is 1. The van der Waals surface area contributed by atoms with Crippen LogP contribution in [0.2, 0.25) is 0 Å². The molecule has 1 aromatic carbocycles. The standard InChI is InChI=1S/C25H25F3N6OS/c26-25(27,28)10-17-9-18-22(30-14-31-23(18)36-17)34-12-24(13-34)3-5-33(6-4-24)11-15-1-2-16-8-20(21(29)35)32-19(16)7-15/h1-2,7-9,14,32H,3-6,10-13H2,(H2,29,35). The first-order valence-electron chi connectivity index (χ1n) is 11.9. The second-order valence-electron chi connectivity index (χ2n) is 10.0. The van der Waals surface area contributed by atoms with E-state index in [1.165, 1.54) is 11.9 Å². The highest BCUT2D eigenvalue weighted by Crippen LogP contribution is 2.44. The number of carbonyl (C=O) groups excluding carboxylic acids is 1. The van der Waals surface area contributed by atoms with Crippen molar-refractivity contribution >= 4 is 44.2 Å². The first-order chi connectivity index (χ1) is 17.2. The number of carbonyl (C=O) groups is 1. The van der Waals surface area contributed by atoms with E-state index in [1.54, 1.807) is 12.1 Å².